The highest BCUT2D eigenvalue weighted by atomic mass is 35.5. The first-order valence-electron chi connectivity index (χ1n) is 6.82. The average molecular weight is 290 g/mol. The fraction of sp³-hybridized carbons (Fsp3) is 0.312. The van der Waals surface area contributed by atoms with Gasteiger partial charge in [-0.25, -0.2) is 0 Å². The first-order chi connectivity index (χ1) is 9.77. The van der Waals surface area contributed by atoms with Crippen LogP contribution in [0.15, 0.2) is 48.8 Å². The fourth-order valence-corrected chi connectivity index (χ4v) is 2.21. The number of nitrogens with zero attached hydrogens (tertiary/aromatic N) is 2. The van der Waals surface area contributed by atoms with Crippen molar-refractivity contribution in [1.29, 1.82) is 0 Å². The second-order valence-corrected chi connectivity index (χ2v) is 5.16. The lowest BCUT2D eigenvalue weighted by molar-refractivity contribution is 0.645. The summed E-state index contributed by atoms with van der Waals surface area (Å²) in [5.41, 5.74) is 2.35. The Morgan fingerprint density at radius 2 is 2.00 bits per heavy atom. The highest BCUT2D eigenvalue weighted by Crippen LogP contribution is 2.13. The molecule has 4 heteroatoms. The van der Waals surface area contributed by atoms with Crippen LogP contribution >= 0.6 is 11.6 Å². The summed E-state index contributed by atoms with van der Waals surface area (Å²) < 4.78 is 0. The van der Waals surface area contributed by atoms with E-state index in [1.54, 1.807) is 12.4 Å². The van der Waals surface area contributed by atoms with Crippen molar-refractivity contribution < 1.29 is 0 Å². The van der Waals surface area contributed by atoms with Crippen LogP contribution < -0.4 is 10.2 Å². The number of pyridine rings is 1. The molecular weight excluding hydrogens is 270 g/mol. The largest absolute Gasteiger partial charge is 0.375 e. The number of halogens is 1. The van der Waals surface area contributed by atoms with Gasteiger partial charge >= 0.3 is 0 Å². The van der Waals surface area contributed by atoms with Crippen LogP contribution in [0.5, 0.6) is 0 Å². The number of anilines is 1. The lowest BCUT2D eigenvalue weighted by atomic mass is 10.2. The molecule has 3 nitrogen and oxygen atoms in total. The molecule has 20 heavy (non-hydrogen) atoms. The second kappa shape index (κ2) is 7.88. The minimum atomic E-state index is 0.724. The molecule has 0 fully saturated rings. The molecule has 0 saturated heterocycles. The summed E-state index contributed by atoms with van der Waals surface area (Å²) >= 11 is 6.06. The summed E-state index contributed by atoms with van der Waals surface area (Å²) in [7, 11) is 2.12. The summed E-state index contributed by atoms with van der Waals surface area (Å²) in [5, 5.41) is 4.13. The summed E-state index contributed by atoms with van der Waals surface area (Å²) in [4.78, 5) is 6.24. The molecule has 0 aliphatic heterocycles. The van der Waals surface area contributed by atoms with Crippen molar-refractivity contribution in [2.24, 2.45) is 0 Å². The van der Waals surface area contributed by atoms with Gasteiger partial charge in [0, 0.05) is 38.2 Å². The van der Waals surface area contributed by atoms with Gasteiger partial charge in [-0.1, -0.05) is 29.8 Å². The SMILES string of the molecule is CN(CCCNCc1ccncc1Cl)c1ccccc1. The standard InChI is InChI=1S/C16H20ClN3/c1-20(15-6-3-2-4-7-15)11-5-9-18-12-14-8-10-19-13-16(14)17/h2-4,6-8,10,13,18H,5,9,11-12H2,1H3. The highest BCUT2D eigenvalue weighted by molar-refractivity contribution is 6.31. The quantitative estimate of drug-likeness (QED) is 0.792. The Hall–Kier alpha value is -1.58. The molecule has 0 aliphatic rings. The average Bonchev–Trinajstić information content (AvgIpc) is 2.49. The van der Waals surface area contributed by atoms with E-state index in [2.05, 4.69) is 46.5 Å². The highest BCUT2D eigenvalue weighted by Gasteiger charge is 2.00. The third kappa shape index (κ3) is 4.51. The number of rotatable bonds is 7. The predicted molar refractivity (Wildman–Crippen MR) is 85.3 cm³/mol. The molecule has 0 aliphatic carbocycles. The van der Waals surface area contributed by atoms with Crippen LogP contribution in [0, 0.1) is 0 Å². The number of benzene rings is 1. The zero-order valence-electron chi connectivity index (χ0n) is 11.7. The Labute approximate surface area is 125 Å². The van der Waals surface area contributed by atoms with Gasteiger partial charge in [0.05, 0.1) is 5.02 Å². The Kier molecular flexibility index (Phi) is 5.84. The normalized spacial score (nSPS) is 10.5. The predicted octanol–water partition coefficient (Wildman–Crippen LogP) is 3.35. The van der Waals surface area contributed by atoms with Gasteiger partial charge in [-0.3, -0.25) is 4.98 Å². The maximum absolute atomic E-state index is 6.06. The summed E-state index contributed by atoms with van der Waals surface area (Å²) in [5.74, 6) is 0. The number of nitrogens with one attached hydrogen (secondary N) is 1. The van der Waals surface area contributed by atoms with E-state index in [-0.39, 0.29) is 0 Å². The Morgan fingerprint density at radius 3 is 2.75 bits per heavy atom. The maximum atomic E-state index is 6.06. The van der Waals surface area contributed by atoms with Gasteiger partial charge in [0.1, 0.15) is 0 Å². The summed E-state index contributed by atoms with van der Waals surface area (Å²) in [6.45, 7) is 2.79. The van der Waals surface area contributed by atoms with Crippen LogP contribution in [0.25, 0.3) is 0 Å². The van der Waals surface area contributed by atoms with Crippen molar-refractivity contribution in [2.75, 3.05) is 25.0 Å². The van der Waals surface area contributed by atoms with Crippen molar-refractivity contribution >= 4 is 17.3 Å². The number of aromatic nitrogens is 1. The molecule has 1 N–H and O–H groups in total. The van der Waals surface area contributed by atoms with Crippen molar-refractivity contribution in [3.05, 3.63) is 59.4 Å². The molecule has 0 radical (unpaired) electrons. The lowest BCUT2D eigenvalue weighted by Crippen LogP contribution is -2.23. The topological polar surface area (TPSA) is 28.2 Å². The minimum absolute atomic E-state index is 0.724. The molecule has 2 rings (SSSR count). The van der Waals surface area contributed by atoms with Crippen LogP contribution in [-0.2, 0) is 6.54 Å². The van der Waals surface area contributed by atoms with E-state index in [9.17, 15) is 0 Å². The van der Waals surface area contributed by atoms with E-state index in [0.717, 1.165) is 36.6 Å². The van der Waals surface area contributed by atoms with Crippen molar-refractivity contribution in [3.8, 4) is 0 Å². The fourth-order valence-electron chi connectivity index (χ4n) is 2.02. The first kappa shape index (κ1) is 14.8. The smallest absolute Gasteiger partial charge is 0.0634 e. The molecule has 1 aromatic carbocycles. The Morgan fingerprint density at radius 1 is 1.20 bits per heavy atom. The number of hydrogen-bond donors (Lipinski definition) is 1. The molecule has 1 aromatic heterocycles. The molecule has 106 valence electrons. The van der Waals surface area contributed by atoms with Crippen molar-refractivity contribution in [2.45, 2.75) is 13.0 Å². The van der Waals surface area contributed by atoms with Crippen molar-refractivity contribution in [1.82, 2.24) is 10.3 Å². The summed E-state index contributed by atoms with van der Waals surface area (Å²) in [6.07, 6.45) is 4.54. The van der Waals surface area contributed by atoms with Gasteiger partial charge in [-0.15, -0.1) is 0 Å². The molecule has 1 heterocycles. The van der Waals surface area contributed by atoms with Gasteiger partial charge in [-0.2, -0.15) is 0 Å². The van der Waals surface area contributed by atoms with Gasteiger partial charge in [0.2, 0.25) is 0 Å². The van der Waals surface area contributed by atoms with Crippen LogP contribution in [0.1, 0.15) is 12.0 Å². The molecule has 0 unspecified atom stereocenters. The van der Waals surface area contributed by atoms with E-state index >= 15 is 0 Å². The van der Waals surface area contributed by atoms with Gasteiger partial charge < -0.3 is 10.2 Å². The summed E-state index contributed by atoms with van der Waals surface area (Å²) in [6, 6.07) is 12.4. The van der Waals surface area contributed by atoms with E-state index in [1.807, 2.05) is 12.1 Å². The molecular formula is C16H20ClN3. The second-order valence-electron chi connectivity index (χ2n) is 4.75. The lowest BCUT2D eigenvalue weighted by Gasteiger charge is -2.19. The third-order valence-corrected chi connectivity index (χ3v) is 3.56. The van der Waals surface area contributed by atoms with Gasteiger partial charge in [0.25, 0.3) is 0 Å². The molecule has 0 atom stereocenters. The minimum Gasteiger partial charge on any atom is -0.375 e. The van der Waals surface area contributed by atoms with Crippen molar-refractivity contribution in [3.63, 3.8) is 0 Å². The third-order valence-electron chi connectivity index (χ3n) is 3.22. The molecule has 0 spiro atoms. The number of hydrogen-bond acceptors (Lipinski definition) is 3. The van der Waals surface area contributed by atoms with Gasteiger partial charge in [-0.05, 0) is 36.7 Å². The first-order valence-corrected chi connectivity index (χ1v) is 7.20. The zero-order chi connectivity index (χ0) is 14.2. The Balaban J connectivity index is 1.66. The van der Waals surface area contributed by atoms with Crippen LogP contribution in [-0.4, -0.2) is 25.1 Å². The maximum Gasteiger partial charge on any atom is 0.0634 e. The molecule has 0 bridgehead atoms. The Bertz CT molecular complexity index is 516. The molecule has 0 amide bonds. The molecule has 0 saturated carbocycles. The van der Waals surface area contributed by atoms with Crippen LogP contribution in [0.4, 0.5) is 5.69 Å². The van der Waals surface area contributed by atoms with E-state index < -0.39 is 0 Å². The van der Waals surface area contributed by atoms with Crippen LogP contribution in [0.3, 0.4) is 0 Å². The van der Waals surface area contributed by atoms with Gasteiger partial charge in [0.15, 0.2) is 0 Å². The van der Waals surface area contributed by atoms with E-state index in [4.69, 9.17) is 11.6 Å². The van der Waals surface area contributed by atoms with E-state index in [0.29, 0.717) is 0 Å². The number of para-hydroxylation sites is 1. The van der Waals surface area contributed by atoms with Crippen LogP contribution in [0.2, 0.25) is 5.02 Å². The van der Waals surface area contributed by atoms with E-state index in [1.165, 1.54) is 5.69 Å². The monoisotopic (exact) mass is 289 g/mol. The zero-order valence-corrected chi connectivity index (χ0v) is 12.5. The molecule has 2 aromatic rings.